The van der Waals surface area contributed by atoms with E-state index >= 15 is 0 Å². The predicted molar refractivity (Wildman–Crippen MR) is 52.0 cm³/mol. The van der Waals surface area contributed by atoms with Crippen LogP contribution in [-0.2, 0) is 4.74 Å². The van der Waals surface area contributed by atoms with Crippen molar-refractivity contribution in [3.63, 3.8) is 0 Å². The summed E-state index contributed by atoms with van der Waals surface area (Å²) in [6, 6.07) is 2.00. The van der Waals surface area contributed by atoms with E-state index in [1.54, 1.807) is 13.3 Å². The molecule has 2 N–H and O–H groups in total. The van der Waals surface area contributed by atoms with E-state index in [0.29, 0.717) is 5.92 Å². The lowest BCUT2D eigenvalue weighted by molar-refractivity contribution is -0.0417. The quantitative estimate of drug-likeness (QED) is 0.743. The van der Waals surface area contributed by atoms with E-state index in [-0.39, 0.29) is 12.2 Å². The minimum absolute atomic E-state index is 0.0305. The molecule has 0 bridgehead atoms. The Morgan fingerprint density at radius 1 is 1.57 bits per heavy atom. The fourth-order valence-electron chi connectivity index (χ4n) is 2.14. The number of ether oxygens (including phenoxy) is 1. The van der Waals surface area contributed by atoms with Crippen LogP contribution in [0.25, 0.3) is 0 Å². The second kappa shape index (κ2) is 4.11. The average molecular weight is 196 g/mol. The van der Waals surface area contributed by atoms with Gasteiger partial charge in [-0.3, -0.25) is 5.10 Å². The highest BCUT2D eigenvalue weighted by Crippen LogP contribution is 2.32. The van der Waals surface area contributed by atoms with Crippen LogP contribution in [0.5, 0.6) is 0 Å². The predicted octanol–water partition coefficient (Wildman–Crippen LogP) is 1.05. The second-order valence-corrected chi connectivity index (χ2v) is 3.86. The van der Waals surface area contributed by atoms with Crippen LogP contribution in [0.15, 0.2) is 12.3 Å². The van der Waals surface area contributed by atoms with Gasteiger partial charge in [-0.2, -0.15) is 5.10 Å². The summed E-state index contributed by atoms with van der Waals surface area (Å²) < 4.78 is 5.25. The molecule has 1 unspecified atom stereocenters. The molecule has 0 radical (unpaired) electrons. The van der Waals surface area contributed by atoms with Gasteiger partial charge in [-0.15, -0.1) is 0 Å². The molecule has 1 aromatic heterocycles. The van der Waals surface area contributed by atoms with Crippen molar-refractivity contribution < 1.29 is 9.84 Å². The van der Waals surface area contributed by atoms with E-state index in [2.05, 4.69) is 10.2 Å². The number of rotatable bonds is 2. The Morgan fingerprint density at radius 3 is 3.07 bits per heavy atom. The Hall–Kier alpha value is -0.870. The van der Waals surface area contributed by atoms with Crippen LogP contribution in [0, 0.1) is 0 Å². The van der Waals surface area contributed by atoms with Crippen LogP contribution >= 0.6 is 0 Å². The third-order valence-corrected chi connectivity index (χ3v) is 3.02. The lowest BCUT2D eigenvalue weighted by Gasteiger charge is -2.31. The molecule has 2 rings (SSSR count). The molecule has 1 aliphatic rings. The summed E-state index contributed by atoms with van der Waals surface area (Å²) in [6.07, 6.45) is 4.12. The van der Waals surface area contributed by atoms with Crippen LogP contribution in [-0.4, -0.2) is 34.6 Å². The van der Waals surface area contributed by atoms with Gasteiger partial charge < -0.3 is 9.84 Å². The first-order valence-electron chi connectivity index (χ1n) is 5.01. The van der Waals surface area contributed by atoms with Crippen molar-refractivity contribution in [3.8, 4) is 0 Å². The van der Waals surface area contributed by atoms with Crippen molar-refractivity contribution in [2.24, 2.45) is 0 Å². The number of nitrogens with zero attached hydrogens (tertiary/aromatic N) is 1. The maximum Gasteiger partial charge on any atom is 0.0836 e. The summed E-state index contributed by atoms with van der Waals surface area (Å²) >= 11 is 0. The van der Waals surface area contributed by atoms with Gasteiger partial charge in [0.05, 0.1) is 12.2 Å². The summed E-state index contributed by atoms with van der Waals surface area (Å²) in [5, 5.41) is 16.6. The molecule has 0 amide bonds. The second-order valence-electron chi connectivity index (χ2n) is 3.86. The van der Waals surface area contributed by atoms with Crippen molar-refractivity contribution in [2.75, 3.05) is 7.11 Å². The summed E-state index contributed by atoms with van der Waals surface area (Å²) in [7, 11) is 1.66. The summed E-state index contributed by atoms with van der Waals surface area (Å²) in [4.78, 5) is 0. The Balaban J connectivity index is 2.03. The number of aliphatic hydroxyl groups excluding tert-OH is 1. The van der Waals surface area contributed by atoms with Crippen LogP contribution in [0.1, 0.15) is 30.9 Å². The highest BCUT2D eigenvalue weighted by Gasteiger charge is 2.30. The van der Waals surface area contributed by atoms with Crippen molar-refractivity contribution >= 4 is 0 Å². The molecule has 1 aromatic rings. The number of aromatic amines is 1. The van der Waals surface area contributed by atoms with Gasteiger partial charge in [0.15, 0.2) is 0 Å². The fraction of sp³-hybridized carbons (Fsp3) is 0.700. The molecular weight excluding hydrogens is 180 g/mol. The summed E-state index contributed by atoms with van der Waals surface area (Å²) in [5.74, 6) is 0.450. The molecule has 4 nitrogen and oxygen atoms in total. The van der Waals surface area contributed by atoms with Gasteiger partial charge in [0.1, 0.15) is 0 Å². The maximum absolute atomic E-state index is 9.63. The lowest BCUT2D eigenvalue weighted by Crippen LogP contribution is -2.34. The molecule has 0 spiro atoms. The van der Waals surface area contributed by atoms with Gasteiger partial charge in [0.2, 0.25) is 0 Å². The first kappa shape index (κ1) is 9.68. The first-order valence-corrected chi connectivity index (χ1v) is 5.01. The van der Waals surface area contributed by atoms with Crippen LogP contribution in [0.3, 0.4) is 0 Å². The minimum Gasteiger partial charge on any atom is -0.390 e. The van der Waals surface area contributed by atoms with Crippen LogP contribution < -0.4 is 0 Å². The molecule has 1 fully saturated rings. The van der Waals surface area contributed by atoms with Crippen LogP contribution in [0.2, 0.25) is 0 Å². The van der Waals surface area contributed by atoms with E-state index in [4.69, 9.17) is 4.74 Å². The molecule has 1 heterocycles. The largest absolute Gasteiger partial charge is 0.390 e. The molecule has 3 atom stereocenters. The van der Waals surface area contributed by atoms with E-state index in [0.717, 1.165) is 25.0 Å². The monoisotopic (exact) mass is 196 g/mol. The Kier molecular flexibility index (Phi) is 2.84. The van der Waals surface area contributed by atoms with Crippen LogP contribution in [0.4, 0.5) is 0 Å². The molecular formula is C10H16N2O2. The number of methoxy groups -OCH3 is 1. The highest BCUT2D eigenvalue weighted by molar-refractivity contribution is 5.08. The number of aromatic nitrogens is 2. The van der Waals surface area contributed by atoms with E-state index in [1.807, 2.05) is 6.07 Å². The van der Waals surface area contributed by atoms with Crippen molar-refractivity contribution in [1.82, 2.24) is 10.2 Å². The van der Waals surface area contributed by atoms with Gasteiger partial charge >= 0.3 is 0 Å². The fourth-order valence-corrected chi connectivity index (χ4v) is 2.14. The van der Waals surface area contributed by atoms with E-state index in [9.17, 15) is 5.11 Å². The molecule has 78 valence electrons. The molecule has 0 aromatic carbocycles. The van der Waals surface area contributed by atoms with E-state index < -0.39 is 0 Å². The molecule has 4 heteroatoms. The van der Waals surface area contributed by atoms with Gasteiger partial charge in [-0.1, -0.05) is 0 Å². The van der Waals surface area contributed by atoms with Gasteiger partial charge in [-0.25, -0.2) is 0 Å². The standard InChI is InChI=1S/C10H16N2O2/c1-14-10-6-7(2-3-9(10)13)8-4-5-11-12-8/h4-5,7,9-10,13H,2-3,6H2,1H3,(H,11,12)/t7?,9-,10+/m1/s1. The first-order chi connectivity index (χ1) is 6.81. The molecule has 14 heavy (non-hydrogen) atoms. The third kappa shape index (κ3) is 1.81. The topological polar surface area (TPSA) is 58.1 Å². The van der Waals surface area contributed by atoms with Crippen molar-refractivity contribution in [3.05, 3.63) is 18.0 Å². The average Bonchev–Trinajstić information content (AvgIpc) is 2.71. The van der Waals surface area contributed by atoms with Crippen molar-refractivity contribution in [1.29, 1.82) is 0 Å². The Bertz CT molecular complexity index is 274. The number of hydrogen-bond acceptors (Lipinski definition) is 3. The normalized spacial score (nSPS) is 33.1. The summed E-state index contributed by atoms with van der Waals surface area (Å²) in [6.45, 7) is 0. The lowest BCUT2D eigenvalue weighted by atomic mass is 9.83. The highest BCUT2D eigenvalue weighted by atomic mass is 16.5. The molecule has 0 aliphatic heterocycles. The molecule has 1 saturated carbocycles. The minimum atomic E-state index is -0.306. The Morgan fingerprint density at radius 2 is 2.43 bits per heavy atom. The van der Waals surface area contributed by atoms with Crippen molar-refractivity contribution in [2.45, 2.75) is 37.4 Å². The molecule has 1 aliphatic carbocycles. The smallest absolute Gasteiger partial charge is 0.0836 e. The van der Waals surface area contributed by atoms with Gasteiger partial charge in [0.25, 0.3) is 0 Å². The number of H-pyrrole nitrogens is 1. The maximum atomic E-state index is 9.63. The number of hydrogen-bond donors (Lipinski definition) is 2. The third-order valence-electron chi connectivity index (χ3n) is 3.02. The zero-order valence-corrected chi connectivity index (χ0v) is 8.31. The zero-order valence-electron chi connectivity index (χ0n) is 8.31. The Labute approximate surface area is 83.3 Å². The van der Waals surface area contributed by atoms with E-state index in [1.165, 1.54) is 0 Å². The number of aliphatic hydroxyl groups is 1. The number of nitrogens with one attached hydrogen (secondary N) is 1. The van der Waals surface area contributed by atoms with Gasteiger partial charge in [-0.05, 0) is 25.3 Å². The van der Waals surface area contributed by atoms with Gasteiger partial charge in [0, 0.05) is 24.9 Å². The molecule has 0 saturated heterocycles. The summed E-state index contributed by atoms with van der Waals surface area (Å²) in [5.41, 5.74) is 1.15. The zero-order chi connectivity index (χ0) is 9.97. The SMILES string of the molecule is CO[C@H]1CC(c2ccn[nH]2)CC[C@H]1O.